The number of carbonyl (C=O) groups excluding carboxylic acids is 4. The monoisotopic (exact) mass is 805 g/mol. The highest BCUT2D eigenvalue weighted by atomic mass is 16.6. The molecule has 0 aromatic carbocycles. The molecule has 1 rings (SSSR count). The standard InChI is InChI=1S/C40H76N4O12/c1-37(2,3)53-25-29(33(45)49-13)41-17-19-42(30(34(46)50-14)26-54-38(4,5)6)21-23-44(32(36(48)52-16)28-56-40(10,11)12)24-22-43(20-18-41)31(35(47)51-15)27-55-39(7,8)9/h29-32H,17-28H2,1-16H3. The summed E-state index contributed by atoms with van der Waals surface area (Å²) in [6.07, 6.45) is 0. The number of hydrogen-bond donors (Lipinski definition) is 0. The summed E-state index contributed by atoms with van der Waals surface area (Å²) < 4.78 is 45.8. The van der Waals surface area contributed by atoms with Crippen LogP contribution in [-0.4, -0.2) is 197 Å². The van der Waals surface area contributed by atoms with Gasteiger partial charge in [-0.1, -0.05) is 0 Å². The second-order valence-electron chi connectivity index (χ2n) is 18.0. The lowest BCUT2D eigenvalue weighted by Gasteiger charge is -2.41. The van der Waals surface area contributed by atoms with Crippen LogP contribution in [-0.2, 0) is 57.1 Å². The van der Waals surface area contributed by atoms with Crippen LogP contribution in [0, 0.1) is 0 Å². The molecule has 1 saturated heterocycles. The van der Waals surface area contributed by atoms with Crippen molar-refractivity contribution in [3.63, 3.8) is 0 Å². The van der Waals surface area contributed by atoms with Crippen molar-refractivity contribution in [2.45, 2.75) is 130 Å². The van der Waals surface area contributed by atoms with Crippen molar-refractivity contribution in [2.24, 2.45) is 0 Å². The molecule has 1 aliphatic heterocycles. The molecule has 4 atom stereocenters. The Morgan fingerprint density at radius 3 is 0.607 bits per heavy atom. The van der Waals surface area contributed by atoms with Crippen LogP contribution in [0.15, 0.2) is 0 Å². The van der Waals surface area contributed by atoms with E-state index < -0.39 is 70.4 Å². The molecule has 1 heterocycles. The highest BCUT2D eigenvalue weighted by Crippen LogP contribution is 2.19. The molecule has 16 nitrogen and oxygen atoms in total. The van der Waals surface area contributed by atoms with Crippen LogP contribution in [0.1, 0.15) is 83.1 Å². The largest absolute Gasteiger partial charge is 0.468 e. The van der Waals surface area contributed by atoms with Gasteiger partial charge in [-0.15, -0.1) is 0 Å². The fraction of sp³-hybridized carbons (Fsp3) is 0.900. The third kappa shape index (κ3) is 19.8. The normalized spacial score (nSPS) is 19.1. The fourth-order valence-corrected chi connectivity index (χ4v) is 5.87. The van der Waals surface area contributed by atoms with E-state index in [4.69, 9.17) is 37.9 Å². The van der Waals surface area contributed by atoms with E-state index in [1.54, 1.807) is 0 Å². The highest BCUT2D eigenvalue weighted by Gasteiger charge is 2.38. The summed E-state index contributed by atoms with van der Waals surface area (Å²) in [6.45, 7) is 25.4. The number of nitrogens with zero attached hydrogens (tertiary/aromatic N) is 4. The number of esters is 4. The minimum atomic E-state index is -0.814. The molecule has 0 spiro atoms. The van der Waals surface area contributed by atoms with Crippen molar-refractivity contribution >= 4 is 23.9 Å². The molecule has 4 unspecified atom stereocenters. The Morgan fingerprint density at radius 2 is 0.500 bits per heavy atom. The van der Waals surface area contributed by atoms with Crippen LogP contribution in [0.2, 0.25) is 0 Å². The van der Waals surface area contributed by atoms with E-state index in [2.05, 4.69) is 0 Å². The van der Waals surface area contributed by atoms with E-state index in [1.807, 2.05) is 103 Å². The second-order valence-corrected chi connectivity index (χ2v) is 18.0. The van der Waals surface area contributed by atoms with Crippen molar-refractivity contribution in [3.05, 3.63) is 0 Å². The van der Waals surface area contributed by atoms with Crippen LogP contribution >= 0.6 is 0 Å². The minimum Gasteiger partial charge on any atom is -0.468 e. The van der Waals surface area contributed by atoms with Gasteiger partial charge in [-0.3, -0.25) is 38.8 Å². The maximum absolute atomic E-state index is 13.5. The number of ether oxygens (including phenoxy) is 8. The van der Waals surface area contributed by atoms with Gasteiger partial charge in [0.25, 0.3) is 0 Å². The lowest BCUT2D eigenvalue weighted by Crippen LogP contribution is -2.59. The molecule has 0 N–H and O–H groups in total. The first-order valence-corrected chi connectivity index (χ1v) is 19.6. The average molecular weight is 805 g/mol. The molecular formula is C40H76N4O12. The lowest BCUT2D eigenvalue weighted by molar-refractivity contribution is -0.158. The maximum Gasteiger partial charge on any atom is 0.325 e. The smallest absolute Gasteiger partial charge is 0.325 e. The second kappa shape index (κ2) is 23.2. The van der Waals surface area contributed by atoms with Gasteiger partial charge in [0, 0.05) is 52.4 Å². The summed E-state index contributed by atoms with van der Waals surface area (Å²) in [5, 5.41) is 0. The van der Waals surface area contributed by atoms with Crippen molar-refractivity contribution in [1.82, 2.24) is 19.6 Å². The SMILES string of the molecule is COC(=O)C(COC(C)(C)C)N1CCN(C(COC(C)(C)C)C(=O)OC)CCN(C(COC(C)(C)C)C(=O)OC)CCN(C(COC(C)(C)C)C(=O)OC)CC1. The Hall–Kier alpha value is -2.44. The molecule has 0 bridgehead atoms. The van der Waals surface area contributed by atoms with Crippen LogP contribution in [0.5, 0.6) is 0 Å². The molecule has 1 aliphatic rings. The van der Waals surface area contributed by atoms with Crippen LogP contribution < -0.4 is 0 Å². The zero-order valence-electron chi connectivity index (χ0n) is 37.5. The molecule has 0 saturated carbocycles. The first kappa shape index (κ1) is 51.6. The van der Waals surface area contributed by atoms with Gasteiger partial charge < -0.3 is 37.9 Å². The Kier molecular flexibility index (Phi) is 21.4. The molecule has 328 valence electrons. The number of carbonyl (C=O) groups is 4. The Morgan fingerprint density at radius 1 is 0.357 bits per heavy atom. The molecule has 0 amide bonds. The van der Waals surface area contributed by atoms with Gasteiger partial charge in [-0.2, -0.15) is 0 Å². The van der Waals surface area contributed by atoms with Crippen molar-refractivity contribution in [3.8, 4) is 0 Å². The van der Waals surface area contributed by atoms with Gasteiger partial charge in [-0.05, 0) is 83.1 Å². The molecular weight excluding hydrogens is 728 g/mol. The van der Waals surface area contributed by atoms with Gasteiger partial charge in [0.2, 0.25) is 0 Å². The number of methoxy groups -OCH3 is 4. The molecule has 16 heteroatoms. The average Bonchev–Trinajstić information content (AvgIpc) is 3.08. The van der Waals surface area contributed by atoms with Crippen molar-refractivity contribution < 1.29 is 57.1 Å². The molecule has 0 aliphatic carbocycles. The van der Waals surface area contributed by atoms with Gasteiger partial charge in [0.1, 0.15) is 24.2 Å². The highest BCUT2D eigenvalue weighted by molar-refractivity contribution is 5.77. The van der Waals surface area contributed by atoms with Crippen LogP contribution in [0.3, 0.4) is 0 Å². The van der Waals surface area contributed by atoms with Gasteiger partial charge in [0.05, 0.1) is 77.3 Å². The summed E-state index contributed by atoms with van der Waals surface area (Å²) in [4.78, 5) is 61.8. The van der Waals surface area contributed by atoms with Crippen LogP contribution in [0.25, 0.3) is 0 Å². The summed E-state index contributed by atoms with van der Waals surface area (Å²) >= 11 is 0. The summed E-state index contributed by atoms with van der Waals surface area (Å²) in [7, 11) is 5.36. The summed E-state index contributed by atoms with van der Waals surface area (Å²) in [5.74, 6) is -1.92. The third-order valence-corrected chi connectivity index (χ3v) is 9.05. The fourth-order valence-electron chi connectivity index (χ4n) is 5.87. The predicted octanol–water partition coefficient (Wildman–Crippen LogP) is 2.63. The summed E-state index contributed by atoms with van der Waals surface area (Å²) in [5.41, 5.74) is -2.19. The van der Waals surface area contributed by atoms with Gasteiger partial charge in [0.15, 0.2) is 0 Å². The number of hydrogen-bond acceptors (Lipinski definition) is 16. The quantitative estimate of drug-likeness (QED) is 0.166. The van der Waals surface area contributed by atoms with E-state index in [-0.39, 0.29) is 26.4 Å². The Bertz CT molecular complexity index is 1010. The molecule has 0 aromatic rings. The third-order valence-electron chi connectivity index (χ3n) is 9.05. The van der Waals surface area contributed by atoms with Gasteiger partial charge in [-0.25, -0.2) is 0 Å². The first-order chi connectivity index (χ1) is 25.8. The predicted molar refractivity (Wildman–Crippen MR) is 212 cm³/mol. The van der Waals surface area contributed by atoms with E-state index >= 15 is 0 Å². The lowest BCUT2D eigenvalue weighted by atomic mass is 10.1. The zero-order valence-corrected chi connectivity index (χ0v) is 37.5. The Labute approximate surface area is 337 Å². The van der Waals surface area contributed by atoms with E-state index in [1.165, 1.54) is 28.4 Å². The molecule has 56 heavy (non-hydrogen) atoms. The topological polar surface area (TPSA) is 155 Å². The van der Waals surface area contributed by atoms with Crippen LogP contribution in [0.4, 0.5) is 0 Å². The Balaban J connectivity index is 3.96. The first-order valence-electron chi connectivity index (χ1n) is 19.6. The van der Waals surface area contributed by atoms with E-state index in [9.17, 15) is 19.2 Å². The molecule has 1 fully saturated rings. The van der Waals surface area contributed by atoms with E-state index in [0.29, 0.717) is 52.4 Å². The minimum absolute atomic E-state index is 0.0413. The molecule has 0 radical (unpaired) electrons. The summed E-state index contributed by atoms with van der Waals surface area (Å²) in [6, 6.07) is -3.26. The molecule has 0 aromatic heterocycles. The maximum atomic E-state index is 13.5. The van der Waals surface area contributed by atoms with E-state index in [0.717, 1.165) is 0 Å². The zero-order chi connectivity index (χ0) is 43.1. The van der Waals surface area contributed by atoms with Crippen molar-refractivity contribution in [1.29, 1.82) is 0 Å². The number of rotatable bonds is 16. The van der Waals surface area contributed by atoms with Gasteiger partial charge >= 0.3 is 23.9 Å². The van der Waals surface area contributed by atoms with Crippen molar-refractivity contribution in [2.75, 3.05) is 107 Å².